The van der Waals surface area contributed by atoms with E-state index in [9.17, 15) is 0 Å². The van der Waals surface area contributed by atoms with Gasteiger partial charge in [0.2, 0.25) is 0 Å². The number of fused-ring (bicyclic) bond motifs is 1. The van der Waals surface area contributed by atoms with E-state index in [1.165, 1.54) is 26.1 Å². The summed E-state index contributed by atoms with van der Waals surface area (Å²) in [6.07, 6.45) is 4.54. The molecule has 1 aromatic heterocycles. The average molecular weight is 230 g/mol. The quantitative estimate of drug-likeness (QED) is 0.666. The maximum Gasteiger partial charge on any atom is 0.0354 e. The van der Waals surface area contributed by atoms with Crippen LogP contribution in [0.1, 0.15) is 29.9 Å². The van der Waals surface area contributed by atoms with Gasteiger partial charge < -0.3 is 0 Å². The fourth-order valence-corrected chi connectivity index (χ4v) is 3.16. The highest BCUT2D eigenvalue weighted by Crippen LogP contribution is 2.33. The predicted molar refractivity (Wildman–Crippen MR) is 75.2 cm³/mol. The molecule has 0 aliphatic rings. The molecule has 16 heavy (non-hydrogen) atoms. The Hall–Kier alpha value is -1.08. The Kier molecular flexibility index (Phi) is 3.15. The van der Waals surface area contributed by atoms with Crippen molar-refractivity contribution in [3.8, 4) is 0 Å². The maximum atomic E-state index is 2.27. The van der Waals surface area contributed by atoms with E-state index in [0.717, 1.165) is 0 Å². The molecule has 0 amide bonds. The number of aryl methyl sites for hydroxylation is 2. The van der Waals surface area contributed by atoms with Gasteiger partial charge in [-0.3, -0.25) is 0 Å². The van der Waals surface area contributed by atoms with Crippen LogP contribution in [0.2, 0.25) is 0 Å². The van der Waals surface area contributed by atoms with Gasteiger partial charge >= 0.3 is 0 Å². The van der Waals surface area contributed by atoms with Crippen molar-refractivity contribution in [1.29, 1.82) is 0 Å². The van der Waals surface area contributed by atoms with Crippen molar-refractivity contribution >= 4 is 27.5 Å². The molecule has 0 bridgehead atoms. The number of hydrogen-bond donors (Lipinski definition) is 0. The van der Waals surface area contributed by atoms with E-state index in [-0.39, 0.29) is 0 Å². The van der Waals surface area contributed by atoms with Crippen LogP contribution >= 0.6 is 11.3 Å². The van der Waals surface area contributed by atoms with Crippen molar-refractivity contribution in [2.75, 3.05) is 0 Å². The third-order valence-electron chi connectivity index (χ3n) is 2.83. The topological polar surface area (TPSA) is 0 Å². The van der Waals surface area contributed by atoms with Crippen LogP contribution in [-0.4, -0.2) is 0 Å². The summed E-state index contributed by atoms with van der Waals surface area (Å²) >= 11 is 1.89. The molecule has 0 unspecified atom stereocenters. The van der Waals surface area contributed by atoms with E-state index in [4.69, 9.17) is 0 Å². The maximum absolute atomic E-state index is 2.27. The van der Waals surface area contributed by atoms with Gasteiger partial charge in [-0.25, -0.2) is 0 Å². The largest absolute Gasteiger partial charge is 0.136 e. The van der Waals surface area contributed by atoms with E-state index >= 15 is 0 Å². The van der Waals surface area contributed by atoms with Crippen LogP contribution in [0.4, 0.5) is 0 Å². The molecule has 84 valence electrons. The fourth-order valence-electron chi connectivity index (χ4n) is 1.96. The van der Waals surface area contributed by atoms with E-state index in [1.807, 2.05) is 11.3 Å². The number of rotatable bonds is 2. The molecule has 0 atom stereocenters. The SMILES string of the molecule is Cc1cccc2sc(/C=C\C(C)C)c(C)c12. The predicted octanol–water partition coefficient (Wildman–Crippen LogP) is 5.19. The summed E-state index contributed by atoms with van der Waals surface area (Å²) in [6.45, 7) is 8.85. The molecule has 1 heterocycles. The van der Waals surface area contributed by atoms with Crippen molar-refractivity contribution in [2.24, 2.45) is 5.92 Å². The zero-order valence-electron chi connectivity index (χ0n) is 10.4. The first-order chi connectivity index (χ1) is 7.59. The molecule has 0 saturated heterocycles. The Bertz CT molecular complexity index is 530. The van der Waals surface area contributed by atoms with Crippen LogP contribution in [0.15, 0.2) is 24.3 Å². The Morgan fingerprint density at radius 1 is 1.19 bits per heavy atom. The third-order valence-corrected chi connectivity index (χ3v) is 4.05. The van der Waals surface area contributed by atoms with Gasteiger partial charge in [-0.05, 0) is 48.4 Å². The molecule has 0 radical (unpaired) electrons. The molecule has 2 aromatic rings. The Labute approximate surface area is 102 Å². The minimum absolute atomic E-state index is 0.616. The van der Waals surface area contributed by atoms with E-state index in [2.05, 4.69) is 58.0 Å². The van der Waals surface area contributed by atoms with Gasteiger partial charge in [0.15, 0.2) is 0 Å². The zero-order valence-corrected chi connectivity index (χ0v) is 11.2. The first-order valence-electron chi connectivity index (χ1n) is 5.76. The molecule has 0 aliphatic carbocycles. The summed E-state index contributed by atoms with van der Waals surface area (Å²) < 4.78 is 1.40. The third kappa shape index (κ3) is 2.05. The highest BCUT2D eigenvalue weighted by atomic mass is 32.1. The van der Waals surface area contributed by atoms with Gasteiger partial charge in [0.1, 0.15) is 0 Å². The lowest BCUT2D eigenvalue weighted by atomic mass is 10.1. The molecule has 0 fully saturated rings. The van der Waals surface area contributed by atoms with Gasteiger partial charge in [-0.15, -0.1) is 11.3 Å². The lowest BCUT2D eigenvalue weighted by Gasteiger charge is -1.97. The molecule has 0 aliphatic heterocycles. The van der Waals surface area contributed by atoms with Gasteiger partial charge in [-0.2, -0.15) is 0 Å². The number of allylic oxidation sites excluding steroid dienone is 1. The summed E-state index contributed by atoms with van der Waals surface area (Å²) in [5.41, 5.74) is 2.81. The second-order valence-electron chi connectivity index (χ2n) is 4.64. The van der Waals surface area contributed by atoms with Crippen molar-refractivity contribution in [3.63, 3.8) is 0 Å². The first-order valence-corrected chi connectivity index (χ1v) is 6.58. The number of thiophene rings is 1. The molecular formula is C15H18S. The second kappa shape index (κ2) is 4.42. The molecule has 1 aromatic carbocycles. The Balaban J connectivity index is 2.57. The van der Waals surface area contributed by atoms with Crippen molar-refractivity contribution in [1.82, 2.24) is 0 Å². The monoisotopic (exact) mass is 230 g/mol. The minimum atomic E-state index is 0.616. The van der Waals surface area contributed by atoms with E-state index in [1.54, 1.807) is 0 Å². The van der Waals surface area contributed by atoms with E-state index in [0.29, 0.717) is 5.92 Å². The highest BCUT2D eigenvalue weighted by Gasteiger charge is 2.07. The standard InChI is InChI=1S/C15H18S/c1-10(2)8-9-13-12(4)15-11(3)6-5-7-14(15)16-13/h5-10H,1-4H3/b9-8-. The van der Waals surface area contributed by atoms with Crippen molar-refractivity contribution < 1.29 is 0 Å². The van der Waals surface area contributed by atoms with Crippen LogP contribution in [0.25, 0.3) is 16.2 Å². The average Bonchev–Trinajstić information content (AvgIpc) is 2.54. The number of hydrogen-bond acceptors (Lipinski definition) is 1. The summed E-state index contributed by atoms with van der Waals surface area (Å²) in [5.74, 6) is 0.616. The van der Waals surface area contributed by atoms with Gasteiger partial charge in [0.25, 0.3) is 0 Å². The second-order valence-corrected chi connectivity index (χ2v) is 5.73. The lowest BCUT2D eigenvalue weighted by molar-refractivity contribution is 0.836. The number of benzene rings is 1. The van der Waals surface area contributed by atoms with E-state index < -0.39 is 0 Å². The normalized spacial score (nSPS) is 12.1. The summed E-state index contributed by atoms with van der Waals surface area (Å²) in [7, 11) is 0. The highest BCUT2D eigenvalue weighted by molar-refractivity contribution is 7.20. The zero-order chi connectivity index (χ0) is 11.7. The van der Waals surface area contributed by atoms with Crippen LogP contribution in [0.3, 0.4) is 0 Å². The molecular weight excluding hydrogens is 212 g/mol. The Morgan fingerprint density at radius 2 is 1.94 bits per heavy atom. The summed E-state index contributed by atoms with van der Waals surface area (Å²) in [4.78, 5) is 1.40. The molecule has 0 saturated carbocycles. The Morgan fingerprint density at radius 3 is 2.56 bits per heavy atom. The van der Waals surface area contributed by atoms with Gasteiger partial charge in [0, 0.05) is 9.58 Å². The van der Waals surface area contributed by atoms with Crippen LogP contribution in [0.5, 0.6) is 0 Å². The van der Waals surface area contributed by atoms with Crippen molar-refractivity contribution in [2.45, 2.75) is 27.7 Å². The first kappa shape index (κ1) is 11.4. The lowest BCUT2D eigenvalue weighted by Crippen LogP contribution is -1.78. The molecule has 0 N–H and O–H groups in total. The smallest absolute Gasteiger partial charge is 0.0354 e. The van der Waals surface area contributed by atoms with Gasteiger partial charge in [0.05, 0.1) is 0 Å². The summed E-state index contributed by atoms with van der Waals surface area (Å²) in [5, 5.41) is 1.44. The minimum Gasteiger partial charge on any atom is -0.136 e. The fraction of sp³-hybridized carbons (Fsp3) is 0.333. The molecule has 2 rings (SSSR count). The molecule has 1 heteroatoms. The van der Waals surface area contributed by atoms with Crippen molar-refractivity contribution in [3.05, 3.63) is 40.3 Å². The van der Waals surface area contributed by atoms with Crippen LogP contribution in [0, 0.1) is 19.8 Å². The van der Waals surface area contributed by atoms with Crippen LogP contribution in [-0.2, 0) is 0 Å². The van der Waals surface area contributed by atoms with Gasteiger partial charge in [-0.1, -0.05) is 32.1 Å². The molecule has 0 spiro atoms. The molecule has 0 nitrogen and oxygen atoms in total. The summed E-state index contributed by atoms with van der Waals surface area (Å²) in [6, 6.07) is 6.55. The van der Waals surface area contributed by atoms with Crippen LogP contribution < -0.4 is 0 Å².